The highest BCUT2D eigenvalue weighted by molar-refractivity contribution is 6.08. The largest absolute Gasteiger partial charge is 0.339 e. The van der Waals surface area contributed by atoms with Gasteiger partial charge in [0.1, 0.15) is 0 Å². The minimum Gasteiger partial charge on any atom is -0.339 e. The zero-order chi connectivity index (χ0) is 20.9. The molecule has 152 valence electrons. The molecule has 0 saturated carbocycles. The maximum absolute atomic E-state index is 13.0. The average Bonchev–Trinajstić information content (AvgIpc) is 2.78. The Balaban J connectivity index is 1.50. The van der Waals surface area contributed by atoms with E-state index < -0.39 is 0 Å². The summed E-state index contributed by atoms with van der Waals surface area (Å²) in [6.45, 7) is 3.75. The molecule has 0 radical (unpaired) electrons. The second kappa shape index (κ2) is 8.95. The van der Waals surface area contributed by atoms with Gasteiger partial charge in [0.05, 0.1) is 11.3 Å². The van der Waals surface area contributed by atoms with E-state index in [2.05, 4.69) is 24.4 Å². The fourth-order valence-corrected chi connectivity index (χ4v) is 3.90. The molecule has 4 rings (SSSR count). The number of para-hydroxylation sites is 1. The minimum absolute atomic E-state index is 0.0177. The molecule has 0 unspecified atom stereocenters. The van der Waals surface area contributed by atoms with Crippen LogP contribution in [0.3, 0.4) is 0 Å². The number of likely N-dealkylation sites (tertiary alicyclic amines) is 1. The molecule has 4 nitrogen and oxygen atoms in total. The number of nitrogens with one attached hydrogen (secondary N) is 1. The SMILES string of the molecule is CC1CCN(C(=O)c2ccccc2NC(=O)/C=C/c2cccc3ccccc23)CC1. The van der Waals surface area contributed by atoms with E-state index in [4.69, 9.17) is 0 Å². The molecule has 3 aromatic carbocycles. The zero-order valence-corrected chi connectivity index (χ0v) is 17.2. The van der Waals surface area contributed by atoms with Gasteiger partial charge in [0.2, 0.25) is 5.91 Å². The number of anilines is 1. The first kappa shape index (κ1) is 19.9. The lowest BCUT2D eigenvalue weighted by molar-refractivity contribution is -0.111. The lowest BCUT2D eigenvalue weighted by Crippen LogP contribution is -2.38. The summed E-state index contributed by atoms with van der Waals surface area (Å²) >= 11 is 0. The smallest absolute Gasteiger partial charge is 0.255 e. The van der Waals surface area contributed by atoms with Crippen molar-refractivity contribution in [2.45, 2.75) is 19.8 Å². The number of fused-ring (bicyclic) bond motifs is 1. The molecule has 0 spiro atoms. The number of benzene rings is 3. The zero-order valence-electron chi connectivity index (χ0n) is 17.2. The van der Waals surface area contributed by atoms with Crippen molar-refractivity contribution in [3.8, 4) is 0 Å². The van der Waals surface area contributed by atoms with Gasteiger partial charge in [-0.05, 0) is 53.3 Å². The van der Waals surface area contributed by atoms with Crippen molar-refractivity contribution in [2.24, 2.45) is 5.92 Å². The van der Waals surface area contributed by atoms with E-state index in [1.165, 1.54) is 6.08 Å². The number of carbonyl (C=O) groups excluding carboxylic acids is 2. The Morgan fingerprint density at radius 3 is 2.47 bits per heavy atom. The lowest BCUT2D eigenvalue weighted by Gasteiger charge is -2.30. The standard InChI is InChI=1S/C26H26N2O2/c1-19-15-17-28(18-16-19)26(30)23-11-4-5-12-24(23)27-25(29)14-13-21-9-6-8-20-7-2-3-10-22(20)21/h2-14,19H,15-18H2,1H3,(H,27,29)/b14-13+. The number of rotatable bonds is 4. The Labute approximate surface area is 177 Å². The van der Waals surface area contributed by atoms with E-state index in [0.29, 0.717) is 17.2 Å². The third-order valence-electron chi connectivity index (χ3n) is 5.72. The van der Waals surface area contributed by atoms with E-state index in [1.54, 1.807) is 12.1 Å². The third kappa shape index (κ3) is 4.43. The second-order valence-electron chi connectivity index (χ2n) is 7.91. The van der Waals surface area contributed by atoms with Crippen LogP contribution in [-0.4, -0.2) is 29.8 Å². The van der Waals surface area contributed by atoms with Crippen molar-refractivity contribution in [2.75, 3.05) is 18.4 Å². The first-order chi connectivity index (χ1) is 14.6. The molecule has 1 fully saturated rings. The highest BCUT2D eigenvalue weighted by Crippen LogP contribution is 2.23. The summed E-state index contributed by atoms with van der Waals surface area (Å²) in [7, 11) is 0. The summed E-state index contributed by atoms with van der Waals surface area (Å²) < 4.78 is 0. The van der Waals surface area contributed by atoms with Crippen LogP contribution in [-0.2, 0) is 4.79 Å². The molecule has 1 aliphatic rings. The van der Waals surface area contributed by atoms with Crippen molar-refractivity contribution in [1.29, 1.82) is 0 Å². The molecule has 0 aliphatic carbocycles. The molecule has 1 aliphatic heterocycles. The van der Waals surface area contributed by atoms with Crippen LogP contribution in [0.2, 0.25) is 0 Å². The molecule has 30 heavy (non-hydrogen) atoms. The van der Waals surface area contributed by atoms with Gasteiger partial charge >= 0.3 is 0 Å². The van der Waals surface area contributed by atoms with Crippen LogP contribution in [0.15, 0.2) is 72.8 Å². The number of nitrogens with zero attached hydrogens (tertiary/aromatic N) is 1. The molecule has 1 heterocycles. The third-order valence-corrected chi connectivity index (χ3v) is 5.72. The van der Waals surface area contributed by atoms with Crippen LogP contribution >= 0.6 is 0 Å². The first-order valence-electron chi connectivity index (χ1n) is 10.5. The highest BCUT2D eigenvalue weighted by atomic mass is 16.2. The summed E-state index contributed by atoms with van der Waals surface area (Å²) in [5.74, 6) is 0.384. The van der Waals surface area contributed by atoms with Gasteiger partial charge in [0.15, 0.2) is 0 Å². The summed E-state index contributed by atoms with van der Waals surface area (Å²) in [5, 5.41) is 5.11. The van der Waals surface area contributed by atoms with Gasteiger partial charge in [-0.1, -0.05) is 61.5 Å². The Hall–Kier alpha value is -3.40. The topological polar surface area (TPSA) is 49.4 Å². The molecule has 0 bridgehead atoms. The van der Waals surface area contributed by atoms with Gasteiger partial charge in [-0.3, -0.25) is 9.59 Å². The van der Waals surface area contributed by atoms with Crippen LogP contribution in [0.5, 0.6) is 0 Å². The molecule has 1 N–H and O–H groups in total. The maximum Gasteiger partial charge on any atom is 0.255 e. The van der Waals surface area contributed by atoms with Crippen LogP contribution in [0.1, 0.15) is 35.7 Å². The molecule has 4 heteroatoms. The number of amides is 2. The van der Waals surface area contributed by atoms with E-state index >= 15 is 0 Å². The fraction of sp³-hybridized carbons (Fsp3) is 0.231. The molecule has 3 aromatic rings. The Bertz CT molecular complexity index is 1090. The average molecular weight is 399 g/mol. The molecular formula is C26H26N2O2. The van der Waals surface area contributed by atoms with Crippen LogP contribution in [0.4, 0.5) is 5.69 Å². The van der Waals surface area contributed by atoms with Crippen molar-refractivity contribution < 1.29 is 9.59 Å². The fourth-order valence-electron chi connectivity index (χ4n) is 3.90. The van der Waals surface area contributed by atoms with Crippen LogP contribution in [0, 0.1) is 5.92 Å². The summed E-state index contributed by atoms with van der Waals surface area (Å²) in [5.41, 5.74) is 2.07. The summed E-state index contributed by atoms with van der Waals surface area (Å²) in [6.07, 6.45) is 5.38. The van der Waals surface area contributed by atoms with E-state index in [1.807, 2.05) is 53.4 Å². The maximum atomic E-state index is 13.0. The van der Waals surface area contributed by atoms with E-state index in [-0.39, 0.29) is 11.8 Å². The second-order valence-corrected chi connectivity index (χ2v) is 7.91. The molecule has 0 aromatic heterocycles. The number of hydrogen-bond acceptors (Lipinski definition) is 2. The van der Waals surface area contributed by atoms with E-state index in [9.17, 15) is 9.59 Å². The molecular weight excluding hydrogens is 372 g/mol. The Morgan fingerprint density at radius 2 is 1.63 bits per heavy atom. The Kier molecular flexibility index (Phi) is 5.94. The van der Waals surface area contributed by atoms with Gasteiger partial charge in [0, 0.05) is 19.2 Å². The van der Waals surface area contributed by atoms with Crippen LogP contribution < -0.4 is 5.32 Å². The number of hydrogen-bond donors (Lipinski definition) is 1. The highest BCUT2D eigenvalue weighted by Gasteiger charge is 2.23. The predicted molar refractivity (Wildman–Crippen MR) is 122 cm³/mol. The monoisotopic (exact) mass is 398 g/mol. The molecule has 0 atom stereocenters. The summed E-state index contributed by atoms with van der Waals surface area (Å²) in [6, 6.07) is 21.3. The van der Waals surface area contributed by atoms with Crippen molar-refractivity contribution in [1.82, 2.24) is 4.90 Å². The number of carbonyl (C=O) groups is 2. The van der Waals surface area contributed by atoms with Gasteiger partial charge in [-0.2, -0.15) is 0 Å². The Morgan fingerprint density at radius 1 is 0.933 bits per heavy atom. The summed E-state index contributed by atoms with van der Waals surface area (Å²) in [4.78, 5) is 27.5. The normalized spacial score (nSPS) is 14.9. The van der Waals surface area contributed by atoms with Gasteiger partial charge < -0.3 is 10.2 Å². The van der Waals surface area contributed by atoms with Crippen molar-refractivity contribution >= 4 is 34.4 Å². The van der Waals surface area contributed by atoms with Gasteiger partial charge in [-0.25, -0.2) is 0 Å². The van der Waals surface area contributed by atoms with Gasteiger partial charge in [0.25, 0.3) is 5.91 Å². The first-order valence-corrected chi connectivity index (χ1v) is 10.5. The molecule has 2 amide bonds. The molecule has 1 saturated heterocycles. The minimum atomic E-state index is -0.254. The number of piperidine rings is 1. The van der Waals surface area contributed by atoms with Gasteiger partial charge in [-0.15, -0.1) is 0 Å². The quantitative estimate of drug-likeness (QED) is 0.601. The van der Waals surface area contributed by atoms with Crippen LogP contribution in [0.25, 0.3) is 16.8 Å². The van der Waals surface area contributed by atoms with Crippen molar-refractivity contribution in [3.63, 3.8) is 0 Å². The van der Waals surface area contributed by atoms with Crippen molar-refractivity contribution in [3.05, 3.63) is 83.9 Å². The lowest BCUT2D eigenvalue weighted by atomic mass is 9.98. The van der Waals surface area contributed by atoms with E-state index in [0.717, 1.165) is 42.3 Å². The predicted octanol–water partition coefficient (Wildman–Crippen LogP) is 5.36.